The van der Waals surface area contributed by atoms with E-state index in [1.165, 1.54) is 11.3 Å². The van der Waals surface area contributed by atoms with Crippen LogP contribution in [0.4, 0.5) is 0 Å². The lowest BCUT2D eigenvalue weighted by atomic mass is 10.2. The fourth-order valence-corrected chi connectivity index (χ4v) is 5.44. The van der Waals surface area contributed by atoms with Gasteiger partial charge >= 0.3 is 0 Å². The average molecular weight is 313 g/mol. The maximum atomic E-state index is 12.9. The van der Waals surface area contributed by atoms with Crippen molar-refractivity contribution in [3.63, 3.8) is 0 Å². The Bertz CT molecular complexity index is 737. The number of hydrogen-bond donors (Lipinski definition) is 0. The van der Waals surface area contributed by atoms with E-state index >= 15 is 0 Å². The lowest BCUT2D eigenvalue weighted by Gasteiger charge is -2.16. The third-order valence-electron chi connectivity index (χ3n) is 3.62. The van der Waals surface area contributed by atoms with E-state index in [1.54, 1.807) is 8.71 Å². The standard InChI is InChI=1S/C13H19N3O2S2/c1-9(2)11-12(16-8-10(3)19-13(16)14-11)20(17,18)15-6-4-5-7-15/h8-9H,4-7H2,1-3H3. The lowest BCUT2D eigenvalue weighted by Crippen LogP contribution is -2.29. The molecule has 0 spiro atoms. The highest BCUT2D eigenvalue weighted by molar-refractivity contribution is 7.89. The van der Waals surface area contributed by atoms with Gasteiger partial charge in [-0.15, -0.1) is 11.3 Å². The van der Waals surface area contributed by atoms with E-state index in [0.717, 1.165) is 22.7 Å². The van der Waals surface area contributed by atoms with Gasteiger partial charge in [0.25, 0.3) is 10.0 Å². The molecule has 0 bridgehead atoms. The van der Waals surface area contributed by atoms with E-state index in [2.05, 4.69) is 4.98 Å². The van der Waals surface area contributed by atoms with Gasteiger partial charge in [-0.3, -0.25) is 4.40 Å². The third-order valence-corrected chi connectivity index (χ3v) is 6.46. The Balaban J connectivity index is 2.24. The second kappa shape index (κ2) is 4.82. The zero-order valence-corrected chi connectivity index (χ0v) is 13.6. The SMILES string of the molecule is Cc1cn2c(S(=O)(=O)N3CCCC3)c(C(C)C)nc2s1. The molecule has 0 aliphatic carbocycles. The second-order valence-corrected chi connectivity index (χ2v) is 8.63. The molecule has 110 valence electrons. The molecule has 0 N–H and O–H groups in total. The normalized spacial score (nSPS) is 17.6. The van der Waals surface area contributed by atoms with Gasteiger partial charge in [0.1, 0.15) is 0 Å². The monoisotopic (exact) mass is 313 g/mol. The Morgan fingerprint density at radius 3 is 2.55 bits per heavy atom. The van der Waals surface area contributed by atoms with Gasteiger partial charge in [-0.1, -0.05) is 13.8 Å². The number of thiazole rings is 1. The van der Waals surface area contributed by atoms with Gasteiger partial charge in [-0.2, -0.15) is 4.31 Å². The molecule has 2 aromatic rings. The molecule has 1 aliphatic rings. The Kier molecular flexibility index (Phi) is 3.38. The van der Waals surface area contributed by atoms with Crippen LogP contribution in [-0.4, -0.2) is 35.2 Å². The first-order chi connectivity index (χ1) is 9.41. The predicted octanol–water partition coefficient (Wildman–Crippen LogP) is 2.61. The first-order valence-electron chi connectivity index (χ1n) is 6.90. The summed E-state index contributed by atoms with van der Waals surface area (Å²) in [6.07, 6.45) is 3.77. The van der Waals surface area contributed by atoms with Gasteiger partial charge in [0.05, 0.1) is 5.69 Å². The van der Waals surface area contributed by atoms with Gasteiger partial charge in [-0.05, 0) is 25.7 Å². The Morgan fingerprint density at radius 2 is 1.95 bits per heavy atom. The number of aryl methyl sites for hydroxylation is 1. The summed E-state index contributed by atoms with van der Waals surface area (Å²) in [7, 11) is -3.44. The van der Waals surface area contributed by atoms with Crippen molar-refractivity contribution in [2.75, 3.05) is 13.1 Å². The number of sulfonamides is 1. The summed E-state index contributed by atoms with van der Waals surface area (Å²) in [6.45, 7) is 7.19. The Hall–Kier alpha value is -0.920. The zero-order valence-electron chi connectivity index (χ0n) is 12.0. The predicted molar refractivity (Wildman–Crippen MR) is 79.9 cm³/mol. The molecule has 0 atom stereocenters. The van der Waals surface area contributed by atoms with Crippen LogP contribution in [0.15, 0.2) is 11.2 Å². The van der Waals surface area contributed by atoms with E-state index in [9.17, 15) is 8.42 Å². The maximum Gasteiger partial charge on any atom is 0.261 e. The summed E-state index contributed by atoms with van der Waals surface area (Å²) in [6, 6.07) is 0. The molecule has 0 amide bonds. The van der Waals surface area contributed by atoms with Crippen molar-refractivity contribution in [2.24, 2.45) is 0 Å². The van der Waals surface area contributed by atoms with Gasteiger partial charge in [0.2, 0.25) is 0 Å². The zero-order chi connectivity index (χ0) is 14.5. The number of nitrogens with zero attached hydrogens (tertiary/aromatic N) is 3. The highest BCUT2D eigenvalue weighted by atomic mass is 32.2. The third kappa shape index (κ3) is 2.08. The quantitative estimate of drug-likeness (QED) is 0.875. The number of imidazole rings is 1. The van der Waals surface area contributed by atoms with Crippen LogP contribution in [-0.2, 0) is 10.0 Å². The van der Waals surface area contributed by atoms with E-state index in [-0.39, 0.29) is 5.92 Å². The lowest BCUT2D eigenvalue weighted by molar-refractivity contribution is 0.471. The molecular formula is C13H19N3O2S2. The van der Waals surface area contributed by atoms with Gasteiger partial charge < -0.3 is 0 Å². The minimum absolute atomic E-state index is 0.0924. The summed E-state index contributed by atoms with van der Waals surface area (Å²) >= 11 is 1.53. The van der Waals surface area contributed by atoms with E-state index in [0.29, 0.717) is 23.8 Å². The number of aromatic nitrogens is 2. The van der Waals surface area contributed by atoms with Crippen molar-refractivity contribution in [1.29, 1.82) is 0 Å². The van der Waals surface area contributed by atoms with Gasteiger partial charge in [0.15, 0.2) is 9.99 Å². The first kappa shape index (κ1) is 14.0. The summed E-state index contributed by atoms with van der Waals surface area (Å²) in [5.41, 5.74) is 0.683. The van der Waals surface area contributed by atoms with Crippen molar-refractivity contribution in [3.8, 4) is 0 Å². The van der Waals surface area contributed by atoms with Crippen LogP contribution in [0, 0.1) is 6.92 Å². The number of hydrogen-bond acceptors (Lipinski definition) is 4. The molecule has 3 rings (SSSR count). The van der Waals surface area contributed by atoms with Crippen molar-refractivity contribution >= 4 is 26.3 Å². The van der Waals surface area contributed by atoms with E-state index in [1.807, 2.05) is 27.0 Å². The second-order valence-electron chi connectivity index (χ2n) is 5.56. The Morgan fingerprint density at radius 1 is 1.30 bits per heavy atom. The van der Waals surface area contributed by atoms with Gasteiger partial charge in [-0.25, -0.2) is 13.4 Å². The van der Waals surface area contributed by atoms with Crippen molar-refractivity contribution in [1.82, 2.24) is 13.7 Å². The largest absolute Gasteiger partial charge is 0.279 e. The molecule has 0 aromatic carbocycles. The topological polar surface area (TPSA) is 54.7 Å². The van der Waals surface area contributed by atoms with Gasteiger partial charge in [0, 0.05) is 24.2 Å². The molecule has 1 aliphatic heterocycles. The van der Waals surface area contributed by atoms with E-state index in [4.69, 9.17) is 0 Å². The van der Waals surface area contributed by atoms with Crippen molar-refractivity contribution in [3.05, 3.63) is 16.8 Å². The number of fused-ring (bicyclic) bond motifs is 1. The minimum atomic E-state index is -3.44. The molecule has 5 nitrogen and oxygen atoms in total. The summed E-state index contributed by atoms with van der Waals surface area (Å²) < 4.78 is 29.2. The molecule has 0 radical (unpaired) electrons. The first-order valence-corrected chi connectivity index (χ1v) is 9.15. The molecular weight excluding hydrogens is 294 g/mol. The Labute approximate surface area is 123 Å². The van der Waals surface area contributed by atoms with Crippen LogP contribution in [0.2, 0.25) is 0 Å². The fourth-order valence-electron chi connectivity index (χ4n) is 2.64. The van der Waals surface area contributed by atoms with Crippen molar-refractivity contribution < 1.29 is 8.42 Å². The highest BCUT2D eigenvalue weighted by Gasteiger charge is 2.34. The molecule has 1 fully saturated rings. The molecule has 1 saturated heterocycles. The minimum Gasteiger partial charge on any atom is -0.279 e. The fraction of sp³-hybridized carbons (Fsp3) is 0.615. The van der Waals surface area contributed by atoms with Crippen LogP contribution in [0.5, 0.6) is 0 Å². The average Bonchev–Trinajstić information content (AvgIpc) is 3.00. The maximum absolute atomic E-state index is 12.9. The van der Waals surface area contributed by atoms with Crippen molar-refractivity contribution in [2.45, 2.75) is 44.6 Å². The summed E-state index contributed by atoms with van der Waals surface area (Å²) in [5, 5.41) is 0.369. The van der Waals surface area contributed by atoms with E-state index < -0.39 is 10.0 Å². The molecule has 2 aromatic heterocycles. The molecule has 3 heterocycles. The van der Waals surface area contributed by atoms with Crippen LogP contribution in [0.1, 0.15) is 43.2 Å². The van der Waals surface area contributed by atoms with Crippen LogP contribution in [0.25, 0.3) is 4.96 Å². The summed E-state index contributed by atoms with van der Waals surface area (Å²) in [5.74, 6) is 0.0924. The van der Waals surface area contributed by atoms with Crippen LogP contribution >= 0.6 is 11.3 Å². The molecule has 0 saturated carbocycles. The molecule has 7 heteroatoms. The molecule has 20 heavy (non-hydrogen) atoms. The molecule has 0 unspecified atom stereocenters. The number of rotatable bonds is 3. The van der Waals surface area contributed by atoms with Crippen LogP contribution in [0.3, 0.4) is 0 Å². The summed E-state index contributed by atoms with van der Waals surface area (Å²) in [4.78, 5) is 6.38. The van der Waals surface area contributed by atoms with Crippen LogP contribution < -0.4 is 0 Å². The highest BCUT2D eigenvalue weighted by Crippen LogP contribution is 2.31. The smallest absolute Gasteiger partial charge is 0.261 e.